The monoisotopic (exact) mass is 516 g/mol. The van der Waals surface area contributed by atoms with E-state index < -0.39 is 10.8 Å². The molecular formula is C30H32N2O4S. The standard InChI is InChI=1S/C30H32N2O4S/c1-4-26(33)20-12-13-21(27(17-20)35-2)18-28-31-25-15-14-24(19-8-7-11-23(16-19)37(3)34)29(25)30(32-28)36-22-9-5-6-10-22/h7-8,11-14,16-17,22H,4-6,9-10,15,18H2,1-3H3. The quantitative estimate of drug-likeness (QED) is 0.339. The van der Waals surface area contributed by atoms with E-state index in [9.17, 15) is 9.00 Å². The molecule has 1 saturated carbocycles. The van der Waals surface area contributed by atoms with Crippen LogP contribution in [0, 0.1) is 0 Å². The van der Waals surface area contributed by atoms with Crippen LogP contribution in [0.15, 0.2) is 53.4 Å². The summed E-state index contributed by atoms with van der Waals surface area (Å²) in [6.45, 7) is 1.85. The highest BCUT2D eigenvalue weighted by molar-refractivity contribution is 7.84. The normalized spacial score (nSPS) is 15.8. The highest BCUT2D eigenvalue weighted by atomic mass is 32.2. The minimum absolute atomic E-state index is 0.0838. The number of hydrogen-bond donors (Lipinski definition) is 0. The van der Waals surface area contributed by atoms with Gasteiger partial charge < -0.3 is 9.47 Å². The van der Waals surface area contributed by atoms with Crippen molar-refractivity contribution in [2.75, 3.05) is 13.4 Å². The van der Waals surface area contributed by atoms with Crippen molar-refractivity contribution in [3.8, 4) is 11.6 Å². The molecule has 1 atom stereocenters. The van der Waals surface area contributed by atoms with Crippen LogP contribution >= 0.6 is 0 Å². The van der Waals surface area contributed by atoms with Crippen molar-refractivity contribution in [1.29, 1.82) is 0 Å². The Morgan fingerprint density at radius 1 is 1.11 bits per heavy atom. The van der Waals surface area contributed by atoms with Gasteiger partial charge in [0.05, 0.1) is 18.4 Å². The highest BCUT2D eigenvalue weighted by Gasteiger charge is 2.28. The van der Waals surface area contributed by atoms with Crippen LogP contribution in [-0.4, -0.2) is 39.4 Å². The minimum atomic E-state index is -1.06. The summed E-state index contributed by atoms with van der Waals surface area (Å²) in [4.78, 5) is 22.8. The fourth-order valence-corrected chi connectivity index (χ4v) is 5.69. The SMILES string of the molecule is CCC(=O)c1ccc(Cc2nc3c(c(OC4CCCC4)n2)C(c2cccc(S(C)=O)c2)=CC3)c(OC)c1. The van der Waals surface area contributed by atoms with Gasteiger partial charge in [0.25, 0.3) is 0 Å². The maximum atomic E-state index is 12.2. The molecule has 7 heteroatoms. The molecule has 1 unspecified atom stereocenters. The van der Waals surface area contributed by atoms with Gasteiger partial charge in [-0.1, -0.05) is 37.3 Å². The van der Waals surface area contributed by atoms with E-state index >= 15 is 0 Å². The molecular weight excluding hydrogens is 484 g/mol. The highest BCUT2D eigenvalue weighted by Crippen LogP contribution is 2.39. The van der Waals surface area contributed by atoms with E-state index in [4.69, 9.17) is 19.4 Å². The number of nitrogens with zero attached hydrogens (tertiary/aromatic N) is 2. The van der Waals surface area contributed by atoms with E-state index in [1.165, 1.54) is 0 Å². The van der Waals surface area contributed by atoms with Crippen LogP contribution < -0.4 is 9.47 Å². The van der Waals surface area contributed by atoms with Gasteiger partial charge in [-0.3, -0.25) is 9.00 Å². The fourth-order valence-electron chi connectivity index (χ4n) is 5.12. The molecule has 6 nitrogen and oxygen atoms in total. The number of methoxy groups -OCH3 is 1. The molecule has 192 valence electrons. The van der Waals surface area contributed by atoms with Gasteiger partial charge in [0, 0.05) is 52.3 Å². The molecule has 5 rings (SSSR count). The van der Waals surface area contributed by atoms with Crippen LogP contribution in [0.2, 0.25) is 0 Å². The first kappa shape index (κ1) is 25.3. The molecule has 0 N–H and O–H groups in total. The van der Waals surface area contributed by atoms with E-state index in [1.54, 1.807) is 19.4 Å². The first-order valence-electron chi connectivity index (χ1n) is 12.9. The first-order chi connectivity index (χ1) is 18.0. The van der Waals surface area contributed by atoms with Crippen molar-refractivity contribution >= 4 is 22.2 Å². The Labute approximate surface area is 220 Å². The number of carbonyl (C=O) groups excluding carboxylic acids is 1. The lowest BCUT2D eigenvalue weighted by molar-refractivity contribution is 0.0988. The average molecular weight is 517 g/mol. The van der Waals surface area contributed by atoms with Crippen LogP contribution in [0.5, 0.6) is 11.6 Å². The summed E-state index contributed by atoms with van der Waals surface area (Å²) >= 11 is 0. The summed E-state index contributed by atoms with van der Waals surface area (Å²) in [7, 11) is 0.552. The Morgan fingerprint density at radius 3 is 2.65 bits per heavy atom. The maximum Gasteiger partial charge on any atom is 0.225 e. The Bertz CT molecular complexity index is 1390. The van der Waals surface area contributed by atoms with Gasteiger partial charge >= 0.3 is 0 Å². The number of carbonyl (C=O) groups is 1. The molecule has 0 radical (unpaired) electrons. The minimum Gasteiger partial charge on any atom is -0.496 e. The third kappa shape index (κ3) is 5.37. The Balaban J connectivity index is 1.52. The second-order valence-electron chi connectivity index (χ2n) is 9.58. The topological polar surface area (TPSA) is 78.4 Å². The van der Waals surface area contributed by atoms with Gasteiger partial charge in [0.15, 0.2) is 5.78 Å². The van der Waals surface area contributed by atoms with Gasteiger partial charge in [-0.05, 0) is 55.0 Å². The zero-order chi connectivity index (χ0) is 25.9. The van der Waals surface area contributed by atoms with E-state index in [-0.39, 0.29) is 11.9 Å². The number of fused-ring (bicyclic) bond motifs is 1. The van der Waals surface area contributed by atoms with E-state index in [0.29, 0.717) is 42.3 Å². The molecule has 2 aliphatic carbocycles. The molecule has 0 spiro atoms. The third-order valence-electron chi connectivity index (χ3n) is 7.10. The molecule has 0 bridgehead atoms. The van der Waals surface area contributed by atoms with Crippen molar-refractivity contribution in [1.82, 2.24) is 9.97 Å². The van der Waals surface area contributed by atoms with Crippen LogP contribution in [0.4, 0.5) is 0 Å². The van der Waals surface area contributed by atoms with Crippen molar-refractivity contribution in [2.45, 2.75) is 62.9 Å². The number of hydrogen-bond acceptors (Lipinski definition) is 6. The molecule has 0 amide bonds. The van der Waals surface area contributed by atoms with Gasteiger partial charge in [-0.2, -0.15) is 4.98 Å². The number of aromatic nitrogens is 2. The number of Topliss-reactive ketones (excluding diaryl/α,β-unsaturated/α-hetero) is 1. The first-order valence-corrected chi connectivity index (χ1v) is 14.4. The zero-order valence-corrected chi connectivity index (χ0v) is 22.4. The largest absolute Gasteiger partial charge is 0.496 e. The molecule has 37 heavy (non-hydrogen) atoms. The lowest BCUT2D eigenvalue weighted by Gasteiger charge is -2.18. The molecule has 1 fully saturated rings. The number of rotatable bonds is 9. The number of ether oxygens (including phenoxy) is 2. The van der Waals surface area contributed by atoms with Crippen molar-refractivity contribution in [3.63, 3.8) is 0 Å². The zero-order valence-electron chi connectivity index (χ0n) is 21.6. The summed E-state index contributed by atoms with van der Waals surface area (Å²) in [5.41, 5.74) is 5.47. The van der Waals surface area contributed by atoms with Crippen LogP contribution in [0.3, 0.4) is 0 Å². The maximum absolute atomic E-state index is 12.2. The molecule has 1 heterocycles. The summed E-state index contributed by atoms with van der Waals surface area (Å²) in [5, 5.41) is 0. The van der Waals surface area contributed by atoms with E-state index in [2.05, 4.69) is 6.08 Å². The summed E-state index contributed by atoms with van der Waals surface area (Å²) < 4.78 is 24.2. The molecule has 2 aromatic carbocycles. The molecule has 3 aromatic rings. The number of ketones is 1. The van der Waals surface area contributed by atoms with E-state index in [0.717, 1.165) is 58.5 Å². The lowest BCUT2D eigenvalue weighted by atomic mass is 10.0. The van der Waals surface area contributed by atoms with Crippen LogP contribution in [0.25, 0.3) is 5.57 Å². The van der Waals surface area contributed by atoms with Crippen LogP contribution in [0.1, 0.15) is 77.6 Å². The predicted molar refractivity (Wildman–Crippen MR) is 145 cm³/mol. The van der Waals surface area contributed by atoms with Gasteiger partial charge in [0.2, 0.25) is 5.88 Å². The molecule has 0 aliphatic heterocycles. The predicted octanol–water partition coefficient (Wildman–Crippen LogP) is 5.72. The average Bonchev–Trinajstić information content (AvgIpc) is 3.58. The van der Waals surface area contributed by atoms with Crippen molar-refractivity contribution in [2.24, 2.45) is 0 Å². The Morgan fingerprint density at radius 2 is 1.92 bits per heavy atom. The van der Waals surface area contributed by atoms with Gasteiger partial charge in [-0.15, -0.1) is 0 Å². The molecule has 2 aliphatic rings. The lowest BCUT2D eigenvalue weighted by Crippen LogP contribution is -2.15. The van der Waals surface area contributed by atoms with Crippen LogP contribution in [-0.2, 0) is 23.6 Å². The van der Waals surface area contributed by atoms with E-state index in [1.807, 2.05) is 43.3 Å². The van der Waals surface area contributed by atoms with Crippen molar-refractivity contribution in [3.05, 3.63) is 82.3 Å². The molecule has 1 aromatic heterocycles. The summed E-state index contributed by atoms with van der Waals surface area (Å²) in [5.74, 6) is 2.03. The van der Waals surface area contributed by atoms with Gasteiger partial charge in [0.1, 0.15) is 17.7 Å². The smallest absolute Gasteiger partial charge is 0.225 e. The molecule has 0 saturated heterocycles. The van der Waals surface area contributed by atoms with Crippen molar-refractivity contribution < 1.29 is 18.5 Å². The number of allylic oxidation sites excluding steroid dienone is 1. The summed E-state index contributed by atoms with van der Waals surface area (Å²) in [6, 6.07) is 13.4. The van der Waals surface area contributed by atoms with Gasteiger partial charge in [-0.25, -0.2) is 4.98 Å². The Kier molecular flexibility index (Phi) is 7.51. The fraction of sp³-hybridized carbons (Fsp3) is 0.367. The number of benzene rings is 2. The third-order valence-corrected chi connectivity index (χ3v) is 8.02. The summed E-state index contributed by atoms with van der Waals surface area (Å²) in [6.07, 6.45) is 9.99. The second kappa shape index (κ2) is 11.0. The second-order valence-corrected chi connectivity index (χ2v) is 11.0. The Hall–Kier alpha value is -3.32.